The zero-order valence-electron chi connectivity index (χ0n) is 9.66. The van der Waals surface area contributed by atoms with Gasteiger partial charge in [-0.05, 0) is 42.9 Å². The van der Waals surface area contributed by atoms with Crippen LogP contribution in [0.2, 0.25) is 0 Å². The van der Waals surface area contributed by atoms with Crippen molar-refractivity contribution in [1.29, 1.82) is 0 Å². The summed E-state index contributed by atoms with van der Waals surface area (Å²) in [4.78, 5) is 0. The van der Waals surface area contributed by atoms with Crippen molar-refractivity contribution in [3.8, 4) is 0 Å². The number of fused-ring (bicyclic) bond motifs is 4. The lowest BCUT2D eigenvalue weighted by molar-refractivity contribution is -0.0384. The molecule has 2 heteroatoms. The summed E-state index contributed by atoms with van der Waals surface area (Å²) in [7, 11) is 0. The van der Waals surface area contributed by atoms with Gasteiger partial charge in [-0.3, -0.25) is 0 Å². The van der Waals surface area contributed by atoms with Gasteiger partial charge in [0.15, 0.2) is 0 Å². The lowest BCUT2D eigenvalue weighted by Crippen LogP contribution is -2.51. The van der Waals surface area contributed by atoms with Crippen LogP contribution in [-0.2, 0) is 9.47 Å². The largest absolute Gasteiger partial charge is 0.369 e. The van der Waals surface area contributed by atoms with Gasteiger partial charge in [0.25, 0.3) is 0 Å². The standard InChI is InChI=1S/C13H20O2/c1-8-4-12(6-14-12)11-3-10(8)13(7-15-13)5-9(11)2/h8-11H,3-7H2,1-2H3/t8-,9-,10+,11+,12+,13+/m1/s1. The maximum Gasteiger partial charge on any atom is 0.0949 e. The molecule has 2 aliphatic heterocycles. The van der Waals surface area contributed by atoms with Crippen LogP contribution in [0.5, 0.6) is 0 Å². The molecule has 4 fully saturated rings. The summed E-state index contributed by atoms with van der Waals surface area (Å²) in [6, 6.07) is 0. The Morgan fingerprint density at radius 2 is 1.27 bits per heavy atom. The number of hydrogen-bond donors (Lipinski definition) is 0. The molecule has 84 valence electrons. The van der Waals surface area contributed by atoms with Crippen LogP contribution >= 0.6 is 0 Å². The number of ether oxygens (including phenoxy) is 2. The minimum Gasteiger partial charge on any atom is -0.369 e. The average molecular weight is 208 g/mol. The van der Waals surface area contributed by atoms with Crippen LogP contribution < -0.4 is 0 Å². The SMILES string of the molecule is C[C@@H]1C[C@]2(CO2)[C@H]2C[C@@H]1[C@@]1(CO1)C[C@H]2C. The minimum absolute atomic E-state index is 0.311. The summed E-state index contributed by atoms with van der Waals surface area (Å²) in [5, 5.41) is 0. The molecule has 0 aromatic rings. The molecular formula is C13H20O2. The topological polar surface area (TPSA) is 25.1 Å². The molecule has 0 aromatic carbocycles. The van der Waals surface area contributed by atoms with Crippen molar-refractivity contribution in [2.45, 2.75) is 44.3 Å². The van der Waals surface area contributed by atoms with E-state index in [4.69, 9.17) is 9.47 Å². The van der Waals surface area contributed by atoms with E-state index in [1.54, 1.807) is 0 Å². The van der Waals surface area contributed by atoms with Gasteiger partial charge in [0.1, 0.15) is 0 Å². The monoisotopic (exact) mass is 208 g/mol. The maximum atomic E-state index is 5.81. The van der Waals surface area contributed by atoms with Crippen molar-refractivity contribution >= 4 is 0 Å². The zero-order valence-corrected chi connectivity index (χ0v) is 9.66. The molecule has 0 N–H and O–H groups in total. The third-order valence-electron chi connectivity index (χ3n) is 5.60. The lowest BCUT2D eigenvalue weighted by Gasteiger charge is -2.49. The lowest BCUT2D eigenvalue weighted by atomic mass is 9.55. The first kappa shape index (κ1) is 9.00. The molecule has 4 aliphatic rings. The van der Waals surface area contributed by atoms with Gasteiger partial charge in [0, 0.05) is 0 Å². The molecule has 0 radical (unpaired) electrons. The third kappa shape index (κ3) is 1.03. The Labute approximate surface area is 91.3 Å². The van der Waals surface area contributed by atoms with Crippen molar-refractivity contribution in [3.63, 3.8) is 0 Å². The van der Waals surface area contributed by atoms with Crippen LogP contribution in [0.4, 0.5) is 0 Å². The van der Waals surface area contributed by atoms with Crippen LogP contribution in [0.25, 0.3) is 0 Å². The van der Waals surface area contributed by atoms with E-state index in [1.165, 1.54) is 19.3 Å². The predicted molar refractivity (Wildman–Crippen MR) is 56.5 cm³/mol. The van der Waals surface area contributed by atoms with Crippen molar-refractivity contribution in [3.05, 3.63) is 0 Å². The second-order valence-electron chi connectivity index (χ2n) is 6.52. The average Bonchev–Trinajstić information content (AvgIpc) is 3.07. The van der Waals surface area contributed by atoms with E-state index in [2.05, 4.69) is 13.8 Å². The molecule has 2 saturated heterocycles. The van der Waals surface area contributed by atoms with E-state index >= 15 is 0 Å². The molecule has 2 saturated carbocycles. The van der Waals surface area contributed by atoms with E-state index in [-0.39, 0.29) is 0 Å². The maximum absolute atomic E-state index is 5.81. The highest BCUT2D eigenvalue weighted by atomic mass is 16.6. The van der Waals surface area contributed by atoms with Crippen molar-refractivity contribution < 1.29 is 9.47 Å². The summed E-state index contributed by atoms with van der Waals surface area (Å²) < 4.78 is 11.6. The molecule has 2 nitrogen and oxygen atoms in total. The highest BCUT2D eigenvalue weighted by Gasteiger charge is 2.67. The number of epoxide rings is 2. The summed E-state index contributed by atoms with van der Waals surface area (Å²) in [5.41, 5.74) is 0.623. The van der Waals surface area contributed by atoms with Crippen LogP contribution in [0.3, 0.4) is 0 Å². The smallest absolute Gasteiger partial charge is 0.0949 e. The second-order valence-corrected chi connectivity index (χ2v) is 6.52. The summed E-state index contributed by atoms with van der Waals surface area (Å²) in [5.74, 6) is 3.26. The second kappa shape index (κ2) is 2.43. The highest BCUT2D eigenvalue weighted by molar-refractivity contribution is 5.15. The van der Waals surface area contributed by atoms with E-state index < -0.39 is 0 Å². The molecule has 6 atom stereocenters. The molecule has 0 aromatic heterocycles. The van der Waals surface area contributed by atoms with Gasteiger partial charge in [0.2, 0.25) is 0 Å². The van der Waals surface area contributed by atoms with Gasteiger partial charge in [-0.1, -0.05) is 13.8 Å². The molecule has 2 spiro atoms. The zero-order chi connectivity index (χ0) is 10.3. The van der Waals surface area contributed by atoms with Crippen molar-refractivity contribution in [1.82, 2.24) is 0 Å². The van der Waals surface area contributed by atoms with E-state index in [1.807, 2.05) is 0 Å². The van der Waals surface area contributed by atoms with E-state index in [0.29, 0.717) is 11.2 Å². The Morgan fingerprint density at radius 3 is 1.60 bits per heavy atom. The molecule has 4 rings (SSSR count). The van der Waals surface area contributed by atoms with E-state index in [9.17, 15) is 0 Å². The fourth-order valence-corrected chi connectivity index (χ4v) is 4.73. The molecule has 0 amide bonds. The first-order valence-electron chi connectivity index (χ1n) is 6.43. The third-order valence-corrected chi connectivity index (χ3v) is 5.60. The quantitative estimate of drug-likeness (QED) is 0.570. The van der Waals surface area contributed by atoms with Crippen LogP contribution in [0.15, 0.2) is 0 Å². The summed E-state index contributed by atoms with van der Waals surface area (Å²) in [6.07, 6.45) is 3.94. The Bertz CT molecular complexity index is 274. The van der Waals surface area contributed by atoms with E-state index in [0.717, 1.165) is 36.9 Å². The summed E-state index contributed by atoms with van der Waals surface area (Å²) >= 11 is 0. The Kier molecular flexibility index (Phi) is 1.46. The molecular weight excluding hydrogens is 188 g/mol. The number of hydrogen-bond acceptors (Lipinski definition) is 2. The molecule has 15 heavy (non-hydrogen) atoms. The molecule has 0 unspecified atom stereocenters. The van der Waals surface area contributed by atoms with Gasteiger partial charge < -0.3 is 9.47 Å². The molecule has 2 bridgehead atoms. The van der Waals surface area contributed by atoms with Gasteiger partial charge in [-0.25, -0.2) is 0 Å². The fraction of sp³-hybridized carbons (Fsp3) is 1.00. The van der Waals surface area contributed by atoms with Gasteiger partial charge in [-0.15, -0.1) is 0 Å². The fourth-order valence-electron chi connectivity index (χ4n) is 4.73. The Balaban J connectivity index is 1.70. The normalized spacial score (nSPS) is 66.0. The molecule has 2 heterocycles. The van der Waals surface area contributed by atoms with Gasteiger partial charge >= 0.3 is 0 Å². The minimum atomic E-state index is 0.311. The predicted octanol–water partition coefficient (Wildman–Crippen LogP) is 2.23. The van der Waals surface area contributed by atoms with Gasteiger partial charge in [-0.2, -0.15) is 0 Å². The highest BCUT2D eigenvalue weighted by Crippen LogP contribution is 2.63. The summed E-state index contributed by atoms with van der Waals surface area (Å²) in [6.45, 7) is 6.88. The number of rotatable bonds is 0. The Morgan fingerprint density at radius 1 is 0.867 bits per heavy atom. The van der Waals surface area contributed by atoms with Crippen molar-refractivity contribution in [2.75, 3.05) is 13.2 Å². The van der Waals surface area contributed by atoms with Crippen LogP contribution in [-0.4, -0.2) is 24.4 Å². The van der Waals surface area contributed by atoms with Crippen LogP contribution in [0, 0.1) is 23.7 Å². The van der Waals surface area contributed by atoms with Gasteiger partial charge in [0.05, 0.1) is 24.4 Å². The van der Waals surface area contributed by atoms with Crippen LogP contribution in [0.1, 0.15) is 33.1 Å². The first-order chi connectivity index (χ1) is 7.15. The Hall–Kier alpha value is -0.0800. The van der Waals surface area contributed by atoms with Crippen molar-refractivity contribution in [2.24, 2.45) is 23.7 Å². The molecule has 2 aliphatic carbocycles. The first-order valence-corrected chi connectivity index (χ1v) is 6.43.